The molecule has 0 heterocycles. The molecule has 1 N–H and O–H groups in total. The van der Waals surface area contributed by atoms with Crippen molar-refractivity contribution in [3.63, 3.8) is 0 Å². The Morgan fingerprint density at radius 2 is 1.90 bits per heavy atom. The van der Waals surface area contributed by atoms with Gasteiger partial charge in [-0.1, -0.05) is 41.9 Å². The molecule has 0 aliphatic heterocycles. The van der Waals surface area contributed by atoms with Crippen LogP contribution < -0.4 is 10.1 Å². The van der Waals surface area contributed by atoms with Crippen LogP contribution >= 0.6 is 11.6 Å². The first-order valence-electron chi connectivity index (χ1n) is 6.98. The molecule has 2 aromatic carbocycles. The predicted molar refractivity (Wildman–Crippen MR) is 84.5 cm³/mol. The van der Waals surface area contributed by atoms with Gasteiger partial charge in [0.05, 0.1) is 11.6 Å². The molecule has 0 bridgehead atoms. The summed E-state index contributed by atoms with van der Waals surface area (Å²) in [5.41, 5.74) is 0.626. The Balaban J connectivity index is 1.87. The largest absolute Gasteiger partial charge is 0.494 e. The molecule has 0 amide bonds. The van der Waals surface area contributed by atoms with Crippen molar-refractivity contribution in [2.45, 2.75) is 18.9 Å². The van der Waals surface area contributed by atoms with E-state index in [9.17, 15) is 4.39 Å². The summed E-state index contributed by atoms with van der Waals surface area (Å²) in [7, 11) is 1.87. The molecule has 21 heavy (non-hydrogen) atoms. The average Bonchev–Trinajstić information content (AvgIpc) is 2.51. The highest BCUT2D eigenvalue weighted by atomic mass is 35.5. The van der Waals surface area contributed by atoms with Crippen molar-refractivity contribution in [1.82, 2.24) is 5.32 Å². The van der Waals surface area contributed by atoms with Crippen LogP contribution in [0.25, 0.3) is 0 Å². The summed E-state index contributed by atoms with van der Waals surface area (Å²) < 4.78 is 19.6. The molecule has 112 valence electrons. The first-order chi connectivity index (χ1) is 10.2. The number of likely N-dealkylation sites (N-methyl/N-ethyl adjacent to an activating group) is 1. The van der Waals surface area contributed by atoms with Crippen molar-refractivity contribution in [1.29, 1.82) is 0 Å². The Labute approximate surface area is 129 Å². The van der Waals surface area contributed by atoms with E-state index in [4.69, 9.17) is 16.3 Å². The lowest BCUT2D eigenvalue weighted by Crippen LogP contribution is -2.29. The predicted octanol–water partition coefficient (Wildman–Crippen LogP) is 4.08. The summed E-state index contributed by atoms with van der Waals surface area (Å²) in [5, 5.41) is 3.36. The zero-order chi connectivity index (χ0) is 15.1. The number of para-hydroxylation sites is 1. The Bertz CT molecular complexity index is 562. The van der Waals surface area contributed by atoms with Gasteiger partial charge in [-0.3, -0.25) is 0 Å². The minimum atomic E-state index is -0.330. The fraction of sp³-hybridized carbons (Fsp3) is 0.294. The average molecular weight is 308 g/mol. The van der Waals surface area contributed by atoms with Crippen LogP contribution in [-0.4, -0.2) is 19.7 Å². The van der Waals surface area contributed by atoms with Gasteiger partial charge in [-0.15, -0.1) is 0 Å². The van der Waals surface area contributed by atoms with E-state index in [-0.39, 0.29) is 16.9 Å². The Kier molecular flexibility index (Phi) is 6.03. The van der Waals surface area contributed by atoms with Crippen LogP contribution in [0.5, 0.6) is 5.75 Å². The SMILES string of the molecule is CNC(CCOc1ccccc1)Cc1cccc(Cl)c1F. The van der Waals surface area contributed by atoms with E-state index < -0.39 is 0 Å². The lowest BCUT2D eigenvalue weighted by molar-refractivity contribution is 0.288. The molecule has 1 unspecified atom stereocenters. The van der Waals surface area contributed by atoms with E-state index in [0.717, 1.165) is 12.2 Å². The number of rotatable bonds is 7. The number of nitrogens with one attached hydrogen (secondary N) is 1. The van der Waals surface area contributed by atoms with Gasteiger partial charge < -0.3 is 10.1 Å². The van der Waals surface area contributed by atoms with Crippen molar-refractivity contribution in [2.75, 3.05) is 13.7 Å². The van der Waals surface area contributed by atoms with Gasteiger partial charge in [0.1, 0.15) is 11.6 Å². The van der Waals surface area contributed by atoms with Crippen LogP contribution in [0.3, 0.4) is 0 Å². The standard InChI is InChI=1S/C17H19ClFNO/c1-20-14(10-11-21-15-7-3-2-4-8-15)12-13-6-5-9-16(18)17(13)19/h2-9,14,20H,10-12H2,1H3. The molecule has 0 fully saturated rings. The quantitative estimate of drug-likeness (QED) is 0.832. The van der Waals surface area contributed by atoms with Crippen molar-refractivity contribution in [3.8, 4) is 5.75 Å². The lowest BCUT2D eigenvalue weighted by Gasteiger charge is -2.17. The second kappa shape index (κ2) is 8.01. The van der Waals surface area contributed by atoms with Crippen molar-refractivity contribution >= 4 is 11.6 Å². The normalized spacial score (nSPS) is 12.1. The first-order valence-corrected chi connectivity index (χ1v) is 7.36. The van der Waals surface area contributed by atoms with Gasteiger partial charge in [0.2, 0.25) is 0 Å². The topological polar surface area (TPSA) is 21.3 Å². The summed E-state index contributed by atoms with van der Waals surface area (Å²) in [6, 6.07) is 14.9. The number of benzene rings is 2. The van der Waals surface area contributed by atoms with Crippen molar-refractivity contribution in [3.05, 3.63) is 64.9 Å². The molecule has 0 radical (unpaired) electrons. The zero-order valence-electron chi connectivity index (χ0n) is 12.0. The Morgan fingerprint density at radius 3 is 2.62 bits per heavy atom. The van der Waals surface area contributed by atoms with Crippen LogP contribution in [0.4, 0.5) is 4.39 Å². The number of hydrogen-bond acceptors (Lipinski definition) is 2. The van der Waals surface area contributed by atoms with Crippen LogP contribution in [0.1, 0.15) is 12.0 Å². The van der Waals surface area contributed by atoms with Gasteiger partial charge in [0.25, 0.3) is 0 Å². The van der Waals surface area contributed by atoms with E-state index in [2.05, 4.69) is 5.32 Å². The highest BCUT2D eigenvalue weighted by Crippen LogP contribution is 2.19. The van der Waals surface area contributed by atoms with Crippen LogP contribution in [-0.2, 0) is 6.42 Å². The maximum absolute atomic E-state index is 13.9. The second-order valence-electron chi connectivity index (χ2n) is 4.85. The molecule has 0 aliphatic rings. The molecule has 2 nitrogen and oxygen atoms in total. The van der Waals surface area contributed by atoms with Gasteiger partial charge in [-0.25, -0.2) is 4.39 Å². The maximum atomic E-state index is 13.9. The van der Waals surface area contributed by atoms with Gasteiger partial charge in [-0.05, 0) is 43.7 Å². The van der Waals surface area contributed by atoms with Crippen molar-refractivity contribution in [2.24, 2.45) is 0 Å². The molecule has 0 saturated carbocycles. The van der Waals surface area contributed by atoms with E-state index in [1.165, 1.54) is 0 Å². The lowest BCUT2D eigenvalue weighted by atomic mass is 10.0. The van der Waals surface area contributed by atoms with E-state index in [1.807, 2.05) is 37.4 Å². The zero-order valence-corrected chi connectivity index (χ0v) is 12.7. The van der Waals surface area contributed by atoms with Gasteiger partial charge in [0, 0.05) is 6.04 Å². The molecule has 0 aromatic heterocycles. The molecule has 4 heteroatoms. The fourth-order valence-electron chi connectivity index (χ4n) is 2.16. The summed E-state index contributed by atoms with van der Waals surface area (Å²) in [5.74, 6) is 0.518. The molecule has 1 atom stereocenters. The summed E-state index contributed by atoms with van der Waals surface area (Å²) in [4.78, 5) is 0. The summed E-state index contributed by atoms with van der Waals surface area (Å²) in [6.45, 7) is 0.581. The van der Waals surface area contributed by atoms with E-state index in [1.54, 1.807) is 18.2 Å². The Morgan fingerprint density at radius 1 is 1.14 bits per heavy atom. The van der Waals surface area contributed by atoms with Crippen LogP contribution in [0, 0.1) is 5.82 Å². The summed E-state index contributed by atoms with van der Waals surface area (Å²) in [6.07, 6.45) is 1.37. The third-order valence-corrected chi connectivity index (χ3v) is 3.68. The van der Waals surface area contributed by atoms with E-state index in [0.29, 0.717) is 18.6 Å². The number of ether oxygens (including phenoxy) is 1. The second-order valence-corrected chi connectivity index (χ2v) is 5.26. The first kappa shape index (κ1) is 15.8. The maximum Gasteiger partial charge on any atom is 0.145 e. The third kappa shape index (κ3) is 4.73. The molecule has 0 aliphatic carbocycles. The third-order valence-electron chi connectivity index (χ3n) is 3.38. The van der Waals surface area contributed by atoms with Gasteiger partial charge >= 0.3 is 0 Å². The molecule has 0 saturated heterocycles. The smallest absolute Gasteiger partial charge is 0.145 e. The summed E-state index contributed by atoms with van der Waals surface area (Å²) >= 11 is 5.80. The van der Waals surface area contributed by atoms with Crippen LogP contribution in [0.2, 0.25) is 5.02 Å². The van der Waals surface area contributed by atoms with Crippen molar-refractivity contribution < 1.29 is 9.13 Å². The van der Waals surface area contributed by atoms with Gasteiger partial charge in [0.15, 0.2) is 0 Å². The molecule has 2 rings (SSSR count). The molecular weight excluding hydrogens is 289 g/mol. The molecule has 0 spiro atoms. The molecule has 2 aromatic rings. The fourth-order valence-corrected chi connectivity index (χ4v) is 2.35. The number of hydrogen-bond donors (Lipinski definition) is 1. The highest BCUT2D eigenvalue weighted by Gasteiger charge is 2.12. The highest BCUT2D eigenvalue weighted by molar-refractivity contribution is 6.30. The van der Waals surface area contributed by atoms with E-state index >= 15 is 0 Å². The monoisotopic (exact) mass is 307 g/mol. The minimum Gasteiger partial charge on any atom is -0.494 e. The van der Waals surface area contributed by atoms with Crippen LogP contribution in [0.15, 0.2) is 48.5 Å². The number of halogens is 2. The minimum absolute atomic E-state index is 0.140. The Hall–Kier alpha value is -1.58. The molecular formula is C17H19ClFNO. The van der Waals surface area contributed by atoms with Gasteiger partial charge in [-0.2, -0.15) is 0 Å².